The molecule has 0 bridgehead atoms. The third kappa shape index (κ3) is 4.75. The number of carbonyl (C=O) groups is 2. The average Bonchev–Trinajstić information content (AvgIpc) is 3.21. The Labute approximate surface area is 169 Å². The largest absolute Gasteiger partial charge is 0.369 e. The third-order valence-corrected chi connectivity index (χ3v) is 5.24. The second-order valence-electron chi connectivity index (χ2n) is 7.19. The molecule has 7 heteroatoms. The molecule has 1 saturated heterocycles. The van der Waals surface area contributed by atoms with Crippen molar-refractivity contribution in [3.63, 3.8) is 0 Å². The van der Waals surface area contributed by atoms with Crippen LogP contribution in [0.4, 0.5) is 5.69 Å². The molecule has 1 aromatic heterocycles. The predicted octanol–water partition coefficient (Wildman–Crippen LogP) is 2.14. The zero-order valence-electron chi connectivity index (χ0n) is 16.2. The highest BCUT2D eigenvalue weighted by Gasteiger charge is 2.18. The Bertz CT molecular complexity index is 944. The van der Waals surface area contributed by atoms with Gasteiger partial charge in [0.15, 0.2) is 0 Å². The van der Waals surface area contributed by atoms with E-state index in [1.807, 2.05) is 30.3 Å². The minimum absolute atomic E-state index is 0.194. The Morgan fingerprint density at radius 3 is 2.38 bits per heavy atom. The molecule has 0 atom stereocenters. The lowest BCUT2D eigenvalue weighted by Crippen LogP contribution is -2.48. The lowest BCUT2D eigenvalue weighted by atomic mass is 10.2. The van der Waals surface area contributed by atoms with E-state index in [2.05, 4.69) is 49.9 Å². The molecule has 1 fully saturated rings. The van der Waals surface area contributed by atoms with Gasteiger partial charge < -0.3 is 9.88 Å². The fraction of sp³-hybridized carbons (Fsp3) is 0.273. The van der Waals surface area contributed by atoms with Gasteiger partial charge in [-0.1, -0.05) is 36.4 Å². The molecule has 2 aromatic carbocycles. The topological polar surface area (TPSA) is 80.5 Å². The number of H-pyrrole nitrogens is 1. The van der Waals surface area contributed by atoms with Crippen molar-refractivity contribution < 1.29 is 9.59 Å². The van der Waals surface area contributed by atoms with Crippen molar-refractivity contribution in [2.24, 2.45) is 0 Å². The van der Waals surface area contributed by atoms with Gasteiger partial charge in [-0.05, 0) is 24.3 Å². The molecule has 150 valence electrons. The number of fused-ring (bicyclic) bond motifs is 1. The van der Waals surface area contributed by atoms with Crippen molar-refractivity contribution in [1.29, 1.82) is 0 Å². The highest BCUT2D eigenvalue weighted by Crippen LogP contribution is 2.16. The fourth-order valence-corrected chi connectivity index (χ4v) is 3.58. The summed E-state index contributed by atoms with van der Waals surface area (Å²) in [5.41, 5.74) is 7.53. The molecular formula is C22H25N5O2. The zero-order chi connectivity index (χ0) is 20.1. The summed E-state index contributed by atoms with van der Waals surface area (Å²) in [4.78, 5) is 32.0. The van der Waals surface area contributed by atoms with Gasteiger partial charge in [-0.25, -0.2) is 0 Å². The van der Waals surface area contributed by atoms with E-state index in [9.17, 15) is 9.59 Å². The molecule has 4 rings (SSSR count). The highest BCUT2D eigenvalue weighted by atomic mass is 16.2. The van der Waals surface area contributed by atoms with Crippen LogP contribution in [0.15, 0.2) is 60.7 Å². The van der Waals surface area contributed by atoms with Crippen molar-refractivity contribution in [2.45, 2.75) is 6.42 Å². The Balaban J connectivity index is 1.18. The predicted molar refractivity (Wildman–Crippen MR) is 114 cm³/mol. The second kappa shape index (κ2) is 8.79. The number of hydrogen-bond acceptors (Lipinski definition) is 4. The summed E-state index contributed by atoms with van der Waals surface area (Å²) < 4.78 is 0. The molecular weight excluding hydrogens is 366 g/mol. The summed E-state index contributed by atoms with van der Waals surface area (Å²) in [6, 6.07) is 19.8. The first kappa shape index (κ1) is 19.0. The summed E-state index contributed by atoms with van der Waals surface area (Å²) in [6.45, 7) is 4.41. The summed E-state index contributed by atoms with van der Waals surface area (Å²) in [6.07, 6.45) is 0.346. The van der Waals surface area contributed by atoms with Gasteiger partial charge in [0.25, 0.3) is 5.91 Å². The molecule has 0 radical (unpaired) electrons. The maximum Gasteiger partial charge on any atom is 0.286 e. The molecule has 1 aliphatic heterocycles. The van der Waals surface area contributed by atoms with Gasteiger partial charge in [0.05, 0.1) is 0 Å². The van der Waals surface area contributed by atoms with Gasteiger partial charge in [0.2, 0.25) is 5.91 Å². The number of para-hydroxylation sites is 2. The van der Waals surface area contributed by atoms with E-state index >= 15 is 0 Å². The first-order chi connectivity index (χ1) is 14.2. The van der Waals surface area contributed by atoms with Crippen molar-refractivity contribution >= 4 is 28.4 Å². The number of benzene rings is 2. The zero-order valence-corrected chi connectivity index (χ0v) is 16.2. The Hall–Kier alpha value is -3.32. The third-order valence-electron chi connectivity index (χ3n) is 5.24. The molecule has 2 heterocycles. The van der Waals surface area contributed by atoms with Gasteiger partial charge in [-0.15, -0.1) is 0 Å². The van der Waals surface area contributed by atoms with Gasteiger partial charge in [-0.2, -0.15) is 0 Å². The molecule has 2 amide bonds. The van der Waals surface area contributed by atoms with Crippen molar-refractivity contribution in [3.05, 3.63) is 66.4 Å². The van der Waals surface area contributed by atoms with Crippen molar-refractivity contribution in [2.75, 3.05) is 37.6 Å². The quantitative estimate of drug-likeness (QED) is 0.582. The monoisotopic (exact) mass is 391 g/mol. The van der Waals surface area contributed by atoms with Gasteiger partial charge in [0, 0.05) is 55.7 Å². The summed E-state index contributed by atoms with van der Waals surface area (Å²) in [7, 11) is 0. The van der Waals surface area contributed by atoms with E-state index < -0.39 is 0 Å². The van der Waals surface area contributed by atoms with E-state index in [-0.39, 0.29) is 11.8 Å². The number of hydrazine groups is 1. The average molecular weight is 391 g/mol. The first-order valence-electron chi connectivity index (χ1n) is 9.88. The maximum atomic E-state index is 12.2. The molecule has 0 aliphatic carbocycles. The van der Waals surface area contributed by atoms with E-state index in [0.717, 1.165) is 37.1 Å². The van der Waals surface area contributed by atoms with Crippen molar-refractivity contribution in [3.8, 4) is 0 Å². The Morgan fingerprint density at radius 1 is 0.897 bits per heavy atom. The Kier molecular flexibility index (Phi) is 5.76. The molecule has 3 aromatic rings. The SMILES string of the molecule is O=C(CCN1CCN(c2ccccc2)CC1)NNC(=O)c1cc2ccccc2[nH]1. The van der Waals surface area contributed by atoms with Crippen LogP contribution in [0.5, 0.6) is 0 Å². The molecule has 29 heavy (non-hydrogen) atoms. The lowest BCUT2D eigenvalue weighted by Gasteiger charge is -2.36. The highest BCUT2D eigenvalue weighted by molar-refractivity contribution is 5.98. The van der Waals surface area contributed by atoms with Gasteiger partial charge >= 0.3 is 0 Å². The summed E-state index contributed by atoms with van der Waals surface area (Å²) >= 11 is 0. The van der Waals surface area contributed by atoms with E-state index in [0.29, 0.717) is 18.7 Å². The number of amides is 2. The molecule has 7 nitrogen and oxygen atoms in total. The van der Waals surface area contributed by atoms with Gasteiger partial charge in [0.1, 0.15) is 5.69 Å². The van der Waals surface area contributed by atoms with Crippen LogP contribution >= 0.6 is 0 Å². The van der Waals surface area contributed by atoms with E-state index in [4.69, 9.17) is 0 Å². The number of carbonyl (C=O) groups excluding carboxylic acids is 2. The number of nitrogens with one attached hydrogen (secondary N) is 3. The Morgan fingerprint density at radius 2 is 1.62 bits per heavy atom. The normalized spacial score (nSPS) is 14.7. The minimum Gasteiger partial charge on any atom is -0.369 e. The molecule has 3 N–H and O–H groups in total. The molecule has 0 spiro atoms. The molecule has 0 unspecified atom stereocenters. The minimum atomic E-state index is -0.356. The van der Waals surface area contributed by atoms with Crippen molar-refractivity contribution in [1.82, 2.24) is 20.7 Å². The number of rotatable bonds is 5. The smallest absolute Gasteiger partial charge is 0.286 e. The molecule has 1 aliphatic rings. The molecule has 0 saturated carbocycles. The number of piperazine rings is 1. The summed E-state index contributed by atoms with van der Waals surface area (Å²) in [5.74, 6) is -0.550. The second-order valence-corrected chi connectivity index (χ2v) is 7.19. The standard InChI is InChI=1S/C22H25N5O2/c28-21(24-25-22(29)20-16-17-6-4-5-9-19(17)23-20)10-11-26-12-14-27(15-13-26)18-7-2-1-3-8-18/h1-9,16,23H,10-15H2,(H,24,28)(H,25,29). The van der Waals surface area contributed by atoms with Crippen LogP contribution in [0, 0.1) is 0 Å². The number of aromatic amines is 1. The maximum absolute atomic E-state index is 12.2. The van der Waals surface area contributed by atoms with Crippen LogP contribution < -0.4 is 15.8 Å². The first-order valence-corrected chi connectivity index (χ1v) is 9.88. The lowest BCUT2D eigenvalue weighted by molar-refractivity contribution is -0.122. The number of hydrogen-bond donors (Lipinski definition) is 3. The van der Waals surface area contributed by atoms with E-state index in [1.54, 1.807) is 6.07 Å². The van der Waals surface area contributed by atoms with Crippen LogP contribution in [0.1, 0.15) is 16.9 Å². The van der Waals surface area contributed by atoms with E-state index in [1.165, 1.54) is 5.69 Å². The summed E-state index contributed by atoms with van der Waals surface area (Å²) in [5, 5.41) is 0.957. The number of anilines is 1. The van der Waals surface area contributed by atoms with Crippen LogP contribution in [0.3, 0.4) is 0 Å². The fourth-order valence-electron chi connectivity index (χ4n) is 3.58. The number of aromatic nitrogens is 1. The van der Waals surface area contributed by atoms with Crippen LogP contribution in [0.2, 0.25) is 0 Å². The van der Waals surface area contributed by atoms with Crippen LogP contribution in [-0.4, -0.2) is 54.4 Å². The number of nitrogens with zero attached hydrogens (tertiary/aromatic N) is 2. The van der Waals surface area contributed by atoms with Gasteiger partial charge in [-0.3, -0.25) is 25.3 Å². The van der Waals surface area contributed by atoms with Crippen LogP contribution in [-0.2, 0) is 4.79 Å². The van der Waals surface area contributed by atoms with Crippen LogP contribution in [0.25, 0.3) is 10.9 Å².